The third kappa shape index (κ3) is 8.81. The van der Waals surface area contributed by atoms with E-state index < -0.39 is 6.04 Å². The average molecular weight is 485 g/mol. The number of carbonyl (C=O) groups excluding carboxylic acids is 2. The lowest BCUT2D eigenvalue weighted by Gasteiger charge is -2.29. The molecule has 2 aromatic carbocycles. The van der Waals surface area contributed by atoms with Crippen LogP contribution in [0.3, 0.4) is 0 Å². The van der Waals surface area contributed by atoms with Crippen LogP contribution in [-0.4, -0.2) is 49.6 Å². The normalized spacial score (nSPS) is 11.5. The van der Waals surface area contributed by atoms with Gasteiger partial charge >= 0.3 is 0 Å². The fourth-order valence-corrected chi connectivity index (χ4v) is 3.73. The van der Waals surface area contributed by atoms with Crippen molar-refractivity contribution in [3.8, 4) is 17.2 Å². The largest absolute Gasteiger partial charge is 0.497 e. The zero-order valence-electron chi connectivity index (χ0n) is 21.8. The zero-order valence-corrected chi connectivity index (χ0v) is 21.8. The number of aryl methyl sites for hydroxylation is 1. The molecule has 0 aliphatic heterocycles. The highest BCUT2D eigenvalue weighted by atomic mass is 16.5. The summed E-state index contributed by atoms with van der Waals surface area (Å²) in [5.74, 6) is 1.86. The molecule has 35 heavy (non-hydrogen) atoms. The number of methoxy groups -OCH3 is 1. The first-order valence-electron chi connectivity index (χ1n) is 12.5. The van der Waals surface area contributed by atoms with Crippen molar-refractivity contribution in [2.75, 3.05) is 26.9 Å². The predicted molar refractivity (Wildman–Crippen MR) is 138 cm³/mol. The topological polar surface area (TPSA) is 77.1 Å². The van der Waals surface area contributed by atoms with Crippen LogP contribution in [0.2, 0.25) is 0 Å². The van der Waals surface area contributed by atoms with Gasteiger partial charge in [0.15, 0.2) is 11.5 Å². The summed E-state index contributed by atoms with van der Waals surface area (Å²) in [4.78, 5) is 27.8. The lowest BCUT2D eigenvalue weighted by atomic mass is 10.1. The Morgan fingerprint density at radius 1 is 0.971 bits per heavy atom. The van der Waals surface area contributed by atoms with Crippen molar-refractivity contribution < 1.29 is 23.8 Å². The summed E-state index contributed by atoms with van der Waals surface area (Å²) < 4.78 is 16.7. The summed E-state index contributed by atoms with van der Waals surface area (Å²) in [5, 5.41) is 2.95. The zero-order chi connectivity index (χ0) is 25.6. The number of nitrogens with one attached hydrogen (secondary N) is 1. The van der Waals surface area contributed by atoms with Gasteiger partial charge in [-0.2, -0.15) is 0 Å². The maximum Gasteiger partial charge on any atom is 0.242 e. The number of ether oxygens (including phenoxy) is 3. The van der Waals surface area contributed by atoms with Gasteiger partial charge in [-0.1, -0.05) is 31.5 Å². The third-order valence-electron chi connectivity index (χ3n) is 5.72. The molecule has 2 rings (SSSR count). The van der Waals surface area contributed by atoms with E-state index in [0.29, 0.717) is 50.0 Å². The van der Waals surface area contributed by atoms with Gasteiger partial charge in [-0.25, -0.2) is 0 Å². The molecule has 0 aliphatic rings. The van der Waals surface area contributed by atoms with Gasteiger partial charge < -0.3 is 24.4 Å². The summed E-state index contributed by atoms with van der Waals surface area (Å²) >= 11 is 0. The molecular weight excluding hydrogens is 444 g/mol. The Hall–Kier alpha value is -3.22. The van der Waals surface area contributed by atoms with Crippen LogP contribution in [0.15, 0.2) is 42.5 Å². The molecule has 0 radical (unpaired) electrons. The number of hydrogen-bond acceptors (Lipinski definition) is 5. The van der Waals surface area contributed by atoms with E-state index >= 15 is 0 Å². The Labute approximate surface area is 209 Å². The molecule has 0 unspecified atom stereocenters. The van der Waals surface area contributed by atoms with E-state index in [9.17, 15) is 9.59 Å². The fourth-order valence-electron chi connectivity index (χ4n) is 3.73. The van der Waals surface area contributed by atoms with Crippen LogP contribution >= 0.6 is 0 Å². The molecule has 1 N–H and O–H groups in total. The molecule has 192 valence electrons. The van der Waals surface area contributed by atoms with Gasteiger partial charge in [-0.3, -0.25) is 9.59 Å². The van der Waals surface area contributed by atoms with Crippen molar-refractivity contribution >= 4 is 11.8 Å². The van der Waals surface area contributed by atoms with Gasteiger partial charge in [-0.15, -0.1) is 0 Å². The lowest BCUT2D eigenvalue weighted by Crippen LogP contribution is -2.47. The third-order valence-corrected chi connectivity index (χ3v) is 5.72. The minimum absolute atomic E-state index is 0.0854. The van der Waals surface area contributed by atoms with Crippen LogP contribution in [0, 0.1) is 0 Å². The fraction of sp³-hybridized carbons (Fsp3) is 0.500. The molecule has 0 saturated heterocycles. The van der Waals surface area contributed by atoms with E-state index in [4.69, 9.17) is 14.2 Å². The molecule has 7 nitrogen and oxygen atoms in total. The van der Waals surface area contributed by atoms with Crippen molar-refractivity contribution in [3.05, 3.63) is 53.6 Å². The Morgan fingerprint density at radius 2 is 1.71 bits per heavy atom. The highest BCUT2D eigenvalue weighted by Crippen LogP contribution is 2.29. The van der Waals surface area contributed by atoms with Gasteiger partial charge in [0, 0.05) is 19.5 Å². The van der Waals surface area contributed by atoms with Gasteiger partial charge in [0.25, 0.3) is 0 Å². The Morgan fingerprint density at radius 3 is 2.40 bits per heavy atom. The van der Waals surface area contributed by atoms with Crippen LogP contribution in [-0.2, 0) is 22.6 Å². The van der Waals surface area contributed by atoms with E-state index in [2.05, 4.69) is 12.2 Å². The molecule has 2 amide bonds. The number of rotatable bonds is 15. The number of carbonyl (C=O) groups is 2. The highest BCUT2D eigenvalue weighted by Gasteiger charge is 2.26. The second-order valence-electron chi connectivity index (χ2n) is 8.34. The standard InChI is InChI=1S/C28H40N2O5/c1-6-9-17-29-28(32)21(4)30(20-23-11-10-12-24(18-23)33-5)27(31)16-14-22-13-15-25(34-7-2)26(19-22)35-8-3/h10-13,15,18-19,21H,6-9,14,16-17,20H2,1-5H3,(H,29,32)/t21-/m0/s1. The number of nitrogens with zero attached hydrogens (tertiary/aromatic N) is 1. The Bertz CT molecular complexity index is 947. The van der Waals surface area contributed by atoms with Crippen LogP contribution in [0.4, 0.5) is 0 Å². The smallest absolute Gasteiger partial charge is 0.242 e. The summed E-state index contributed by atoms with van der Waals surface area (Å²) in [6.45, 7) is 9.72. The van der Waals surface area contributed by atoms with Gasteiger partial charge in [0.1, 0.15) is 11.8 Å². The number of hydrogen-bond donors (Lipinski definition) is 1. The van der Waals surface area contributed by atoms with Crippen molar-refractivity contribution in [2.45, 2.75) is 66.0 Å². The van der Waals surface area contributed by atoms with E-state index in [0.717, 1.165) is 24.0 Å². The molecule has 0 bridgehead atoms. The van der Waals surface area contributed by atoms with Crippen LogP contribution < -0.4 is 19.5 Å². The molecule has 0 fully saturated rings. The first kappa shape index (κ1) is 28.0. The van der Waals surface area contributed by atoms with E-state index in [1.54, 1.807) is 18.9 Å². The minimum Gasteiger partial charge on any atom is -0.497 e. The van der Waals surface area contributed by atoms with Crippen molar-refractivity contribution in [1.29, 1.82) is 0 Å². The SMILES string of the molecule is CCCCNC(=O)[C@H](C)N(Cc1cccc(OC)c1)C(=O)CCc1ccc(OCC)c(OCC)c1. The highest BCUT2D eigenvalue weighted by molar-refractivity contribution is 5.87. The van der Waals surface area contributed by atoms with Crippen LogP contribution in [0.1, 0.15) is 58.1 Å². The summed E-state index contributed by atoms with van der Waals surface area (Å²) in [7, 11) is 1.61. The number of benzene rings is 2. The molecule has 0 spiro atoms. The number of unbranched alkanes of at least 4 members (excludes halogenated alkanes) is 1. The maximum atomic E-state index is 13.4. The summed E-state index contributed by atoms with van der Waals surface area (Å²) in [5.41, 5.74) is 1.89. The molecule has 1 atom stereocenters. The van der Waals surface area contributed by atoms with Gasteiger partial charge in [-0.05, 0) is 69.0 Å². The molecule has 0 aliphatic carbocycles. The molecule has 7 heteroatoms. The van der Waals surface area contributed by atoms with E-state index in [1.165, 1.54) is 0 Å². The maximum absolute atomic E-state index is 13.4. The van der Waals surface area contributed by atoms with E-state index in [-0.39, 0.29) is 18.2 Å². The lowest BCUT2D eigenvalue weighted by molar-refractivity contribution is -0.140. The monoisotopic (exact) mass is 484 g/mol. The van der Waals surface area contributed by atoms with Gasteiger partial charge in [0.05, 0.1) is 20.3 Å². The predicted octanol–water partition coefficient (Wildman–Crippen LogP) is 4.76. The molecular formula is C28H40N2O5. The van der Waals surface area contributed by atoms with Crippen LogP contribution in [0.5, 0.6) is 17.2 Å². The molecule has 2 aromatic rings. The van der Waals surface area contributed by atoms with Crippen LogP contribution in [0.25, 0.3) is 0 Å². The van der Waals surface area contributed by atoms with Crippen molar-refractivity contribution in [1.82, 2.24) is 10.2 Å². The minimum atomic E-state index is -0.593. The quantitative estimate of drug-likeness (QED) is 0.369. The molecule has 0 aromatic heterocycles. The second-order valence-corrected chi connectivity index (χ2v) is 8.34. The first-order chi connectivity index (χ1) is 16.9. The molecule has 0 heterocycles. The second kappa shape index (κ2) is 14.9. The average Bonchev–Trinajstić information content (AvgIpc) is 2.87. The van der Waals surface area contributed by atoms with Gasteiger partial charge in [0.2, 0.25) is 11.8 Å². The first-order valence-corrected chi connectivity index (χ1v) is 12.5. The Kier molecular flexibility index (Phi) is 11.9. The summed E-state index contributed by atoms with van der Waals surface area (Å²) in [6.07, 6.45) is 2.70. The molecule has 0 saturated carbocycles. The van der Waals surface area contributed by atoms with E-state index in [1.807, 2.05) is 56.3 Å². The summed E-state index contributed by atoms with van der Waals surface area (Å²) in [6, 6.07) is 12.7. The van der Waals surface area contributed by atoms with Crippen molar-refractivity contribution in [3.63, 3.8) is 0 Å². The number of amides is 2. The van der Waals surface area contributed by atoms with Crippen molar-refractivity contribution in [2.24, 2.45) is 0 Å². The Balaban J connectivity index is 2.17.